The molecular weight excluding hydrogens is 411 g/mol. The molecule has 0 N–H and O–H groups in total. The van der Waals surface area contributed by atoms with E-state index in [4.69, 9.17) is 4.74 Å². The van der Waals surface area contributed by atoms with Crippen LogP contribution in [0.2, 0.25) is 0 Å². The van der Waals surface area contributed by atoms with Crippen molar-refractivity contribution < 1.29 is 18.3 Å². The Labute approximate surface area is 119 Å². The molecule has 0 amide bonds. The maximum absolute atomic E-state index is 12.7. The Morgan fingerprint density at radius 2 is 2.29 bits per heavy atom. The number of hydrogen-bond acceptors (Lipinski definition) is 3. The van der Waals surface area contributed by atoms with E-state index in [2.05, 4.69) is 20.9 Å². The number of alkyl halides is 2. The molecule has 0 saturated heterocycles. The summed E-state index contributed by atoms with van der Waals surface area (Å²) in [6.07, 6.45) is -2.73. The van der Waals surface area contributed by atoms with Crippen molar-refractivity contribution >= 4 is 44.5 Å². The molecular formula is C10H9BrF2INO2. The Kier molecular flexibility index (Phi) is 5.71. The molecule has 1 aromatic rings. The summed E-state index contributed by atoms with van der Waals surface area (Å²) in [5.74, 6) is -0.483. The van der Waals surface area contributed by atoms with E-state index < -0.39 is 12.4 Å². The van der Waals surface area contributed by atoms with E-state index in [1.54, 1.807) is 6.92 Å². The lowest BCUT2D eigenvalue weighted by atomic mass is 10.2. The van der Waals surface area contributed by atoms with Crippen LogP contribution in [0.3, 0.4) is 0 Å². The summed E-state index contributed by atoms with van der Waals surface area (Å²) >= 11 is 4.87. The molecule has 1 rings (SSSR count). The third kappa shape index (κ3) is 4.13. The zero-order valence-electron chi connectivity index (χ0n) is 8.84. The minimum Gasteiger partial charge on any atom is -0.466 e. The van der Waals surface area contributed by atoms with Gasteiger partial charge in [-0.3, -0.25) is 4.79 Å². The van der Waals surface area contributed by atoms with E-state index in [9.17, 15) is 13.6 Å². The fourth-order valence-electron chi connectivity index (χ4n) is 1.19. The van der Waals surface area contributed by atoms with Gasteiger partial charge in [0.25, 0.3) is 6.43 Å². The Hall–Kier alpha value is -0.310. The second-order valence-electron chi connectivity index (χ2n) is 3.08. The average molecular weight is 420 g/mol. The van der Waals surface area contributed by atoms with Gasteiger partial charge in [0.05, 0.1) is 18.7 Å². The maximum Gasteiger partial charge on any atom is 0.311 e. The molecule has 0 atom stereocenters. The lowest BCUT2D eigenvalue weighted by Crippen LogP contribution is -2.11. The van der Waals surface area contributed by atoms with E-state index in [-0.39, 0.29) is 28.8 Å². The Morgan fingerprint density at radius 1 is 1.65 bits per heavy atom. The molecule has 1 aromatic heterocycles. The third-order valence-corrected chi connectivity index (χ3v) is 3.34. The molecule has 94 valence electrons. The number of esters is 1. The van der Waals surface area contributed by atoms with Crippen LogP contribution in [0, 0.1) is 3.70 Å². The molecule has 0 spiro atoms. The van der Waals surface area contributed by atoms with Crippen LogP contribution in [0.25, 0.3) is 0 Å². The number of nitrogens with zero attached hydrogens (tertiary/aromatic N) is 1. The normalized spacial score (nSPS) is 10.7. The summed E-state index contributed by atoms with van der Waals surface area (Å²) in [7, 11) is 0. The van der Waals surface area contributed by atoms with E-state index in [1.807, 2.05) is 22.6 Å². The van der Waals surface area contributed by atoms with Crippen LogP contribution in [0.1, 0.15) is 24.6 Å². The topological polar surface area (TPSA) is 39.2 Å². The van der Waals surface area contributed by atoms with Crippen LogP contribution in [-0.2, 0) is 16.0 Å². The van der Waals surface area contributed by atoms with Gasteiger partial charge in [-0.2, -0.15) is 0 Å². The van der Waals surface area contributed by atoms with Crippen LogP contribution in [0.5, 0.6) is 0 Å². The van der Waals surface area contributed by atoms with Crippen molar-refractivity contribution in [3.8, 4) is 0 Å². The Balaban J connectivity index is 3.03. The minimum atomic E-state index is -2.61. The standard InChI is InChI=1S/C10H9BrF2INO2/c1-2-17-8(16)4-6-9(11)5(10(12)13)3-7(14)15-6/h3,10H,2,4H2,1H3. The van der Waals surface area contributed by atoms with E-state index >= 15 is 0 Å². The molecule has 0 aliphatic carbocycles. The first kappa shape index (κ1) is 14.7. The first-order valence-corrected chi connectivity index (χ1v) is 6.61. The quantitative estimate of drug-likeness (QED) is 0.426. The minimum absolute atomic E-state index is 0.120. The molecule has 17 heavy (non-hydrogen) atoms. The monoisotopic (exact) mass is 419 g/mol. The molecule has 0 aliphatic heterocycles. The number of halogens is 4. The zero-order chi connectivity index (χ0) is 13.0. The summed E-state index contributed by atoms with van der Waals surface area (Å²) in [6.45, 7) is 1.93. The second kappa shape index (κ2) is 6.58. The van der Waals surface area contributed by atoms with Crippen molar-refractivity contribution in [2.75, 3.05) is 6.61 Å². The van der Waals surface area contributed by atoms with Gasteiger partial charge in [0.2, 0.25) is 0 Å². The molecule has 0 saturated carbocycles. The molecule has 0 radical (unpaired) electrons. The first-order valence-electron chi connectivity index (χ1n) is 4.74. The summed E-state index contributed by atoms with van der Waals surface area (Å²) in [5.41, 5.74) is 0.106. The van der Waals surface area contributed by atoms with E-state index in [1.165, 1.54) is 6.07 Å². The Morgan fingerprint density at radius 3 is 2.82 bits per heavy atom. The van der Waals surface area contributed by atoms with E-state index in [0.717, 1.165) is 0 Å². The molecule has 0 aliphatic rings. The summed E-state index contributed by atoms with van der Waals surface area (Å²) in [4.78, 5) is 15.3. The highest BCUT2D eigenvalue weighted by Crippen LogP contribution is 2.30. The van der Waals surface area contributed by atoms with Crippen LogP contribution >= 0.6 is 38.5 Å². The summed E-state index contributed by atoms with van der Waals surface area (Å²) < 4.78 is 30.7. The van der Waals surface area contributed by atoms with Gasteiger partial charge in [0, 0.05) is 10.0 Å². The maximum atomic E-state index is 12.7. The fourth-order valence-corrected chi connectivity index (χ4v) is 2.34. The number of carbonyl (C=O) groups excluding carboxylic acids is 1. The van der Waals surface area contributed by atoms with Crippen LogP contribution < -0.4 is 0 Å². The zero-order valence-corrected chi connectivity index (χ0v) is 12.6. The molecule has 0 unspecified atom stereocenters. The highest BCUT2D eigenvalue weighted by molar-refractivity contribution is 14.1. The van der Waals surface area contributed by atoms with Crippen LogP contribution in [0.4, 0.5) is 8.78 Å². The smallest absolute Gasteiger partial charge is 0.311 e. The number of ether oxygens (including phenoxy) is 1. The van der Waals surface area contributed by atoms with Crippen LogP contribution in [-0.4, -0.2) is 17.6 Å². The lowest BCUT2D eigenvalue weighted by Gasteiger charge is -2.09. The average Bonchev–Trinajstić information content (AvgIpc) is 2.22. The number of pyridine rings is 1. The summed E-state index contributed by atoms with van der Waals surface area (Å²) in [6, 6.07) is 1.28. The van der Waals surface area contributed by atoms with Gasteiger partial charge in [-0.05, 0) is 51.5 Å². The van der Waals surface area contributed by atoms with Gasteiger partial charge >= 0.3 is 5.97 Å². The van der Waals surface area contributed by atoms with Gasteiger partial charge in [-0.1, -0.05) is 0 Å². The first-order chi connectivity index (χ1) is 7.95. The molecule has 3 nitrogen and oxygen atoms in total. The second-order valence-corrected chi connectivity index (χ2v) is 4.98. The third-order valence-electron chi connectivity index (χ3n) is 1.88. The van der Waals surface area contributed by atoms with Gasteiger partial charge in [0.1, 0.15) is 3.70 Å². The van der Waals surface area contributed by atoms with Gasteiger partial charge in [-0.25, -0.2) is 13.8 Å². The molecule has 7 heteroatoms. The number of aromatic nitrogens is 1. The highest BCUT2D eigenvalue weighted by atomic mass is 127. The van der Waals surface area contributed by atoms with Gasteiger partial charge < -0.3 is 4.74 Å². The highest BCUT2D eigenvalue weighted by Gasteiger charge is 2.19. The van der Waals surface area contributed by atoms with Crippen molar-refractivity contribution in [2.24, 2.45) is 0 Å². The number of hydrogen-bond donors (Lipinski definition) is 0. The predicted molar refractivity (Wildman–Crippen MR) is 69.9 cm³/mol. The van der Waals surface area contributed by atoms with Gasteiger partial charge in [0.15, 0.2) is 0 Å². The van der Waals surface area contributed by atoms with Crippen molar-refractivity contribution in [3.63, 3.8) is 0 Å². The predicted octanol–water partition coefficient (Wildman–Crippen LogP) is 3.49. The fraction of sp³-hybridized carbons (Fsp3) is 0.400. The van der Waals surface area contributed by atoms with Crippen molar-refractivity contribution in [2.45, 2.75) is 19.8 Å². The van der Waals surface area contributed by atoms with Crippen molar-refractivity contribution in [3.05, 3.63) is 25.5 Å². The Bertz CT molecular complexity index is 429. The van der Waals surface area contributed by atoms with E-state index in [0.29, 0.717) is 3.70 Å². The molecule has 0 fully saturated rings. The van der Waals surface area contributed by atoms with Crippen molar-refractivity contribution in [1.82, 2.24) is 4.98 Å². The summed E-state index contributed by atoms with van der Waals surface area (Å²) in [5, 5.41) is 0. The SMILES string of the molecule is CCOC(=O)Cc1nc(I)cc(C(F)F)c1Br. The number of rotatable bonds is 4. The molecule has 0 aromatic carbocycles. The largest absolute Gasteiger partial charge is 0.466 e. The van der Waals surface area contributed by atoms with Crippen LogP contribution in [0.15, 0.2) is 10.5 Å². The molecule has 0 bridgehead atoms. The van der Waals surface area contributed by atoms with Gasteiger partial charge in [-0.15, -0.1) is 0 Å². The van der Waals surface area contributed by atoms with Crippen molar-refractivity contribution in [1.29, 1.82) is 0 Å². The number of carbonyl (C=O) groups is 1. The lowest BCUT2D eigenvalue weighted by molar-refractivity contribution is -0.142. The molecule has 1 heterocycles.